The van der Waals surface area contributed by atoms with Crippen LogP contribution in [0.25, 0.3) is 11.8 Å². The molecule has 2 aromatic carbocycles. The molecule has 1 atom stereocenters. The summed E-state index contributed by atoms with van der Waals surface area (Å²) in [6.07, 6.45) is 7.26. The van der Waals surface area contributed by atoms with Crippen LogP contribution < -0.4 is 4.74 Å². The molecule has 0 saturated carbocycles. The van der Waals surface area contributed by atoms with E-state index in [1.54, 1.807) is 13.4 Å². The van der Waals surface area contributed by atoms with Crippen molar-refractivity contribution in [2.45, 2.75) is 25.8 Å². The molecule has 0 N–H and O–H groups in total. The summed E-state index contributed by atoms with van der Waals surface area (Å²) < 4.78 is 48.7. The average Bonchev–Trinajstić information content (AvgIpc) is 3.28. The fraction of sp³-hybridized carbons (Fsp3) is 0.280. The van der Waals surface area contributed by atoms with Crippen molar-refractivity contribution >= 4 is 24.3 Å². The summed E-state index contributed by atoms with van der Waals surface area (Å²) in [7, 11) is 1.62. The van der Waals surface area contributed by atoms with Crippen LogP contribution in [0, 0.1) is 24.4 Å². The Morgan fingerprint density at radius 1 is 1.14 bits per heavy atom. The molecule has 35 heavy (non-hydrogen) atoms. The molecular weight excluding hydrogens is 481 g/mol. The molecule has 1 saturated heterocycles. The van der Waals surface area contributed by atoms with Crippen molar-refractivity contribution in [1.29, 1.82) is 0 Å². The number of hydrogen-bond donors (Lipinski definition) is 0. The Balaban J connectivity index is 0.00000289. The van der Waals surface area contributed by atoms with E-state index < -0.39 is 23.5 Å². The number of piperidine rings is 1. The van der Waals surface area contributed by atoms with Gasteiger partial charge in [0.15, 0.2) is 23.3 Å². The van der Waals surface area contributed by atoms with Gasteiger partial charge >= 0.3 is 0 Å². The number of halogens is 4. The molecule has 0 amide bonds. The molecule has 0 bridgehead atoms. The van der Waals surface area contributed by atoms with Gasteiger partial charge in [0.2, 0.25) is 0 Å². The maximum Gasteiger partial charge on any atom is 0.194 e. The zero-order valence-corrected chi connectivity index (χ0v) is 20.0. The highest BCUT2D eigenvalue weighted by molar-refractivity contribution is 6.03. The fourth-order valence-electron chi connectivity index (χ4n) is 4.45. The first-order chi connectivity index (χ1) is 16.4. The number of fused-ring (bicyclic) bond motifs is 1. The summed E-state index contributed by atoms with van der Waals surface area (Å²) in [6, 6.07) is 7.44. The van der Waals surface area contributed by atoms with Crippen molar-refractivity contribution in [3.63, 3.8) is 0 Å². The number of hydrogen-bond acceptors (Lipinski definition) is 5. The van der Waals surface area contributed by atoms with Gasteiger partial charge in [-0.05, 0) is 66.8 Å². The van der Waals surface area contributed by atoms with E-state index in [4.69, 9.17) is 9.57 Å². The maximum absolute atomic E-state index is 13.9. The lowest BCUT2D eigenvalue weighted by molar-refractivity contribution is 0.0572. The Morgan fingerprint density at radius 3 is 2.60 bits per heavy atom. The SMILES string of the molecule is COc1cc(/C=C2\CCCN3C2=NOC[C@@H]3c2cc(F)c(F)c(F)c2)ccc1-n1cnc(C)c1.Cl. The molecule has 0 unspecified atom stereocenters. The van der Waals surface area contributed by atoms with Gasteiger partial charge in [-0.2, -0.15) is 0 Å². The van der Waals surface area contributed by atoms with Gasteiger partial charge in [-0.3, -0.25) is 0 Å². The number of benzene rings is 2. The van der Waals surface area contributed by atoms with Gasteiger partial charge in [-0.25, -0.2) is 18.2 Å². The third kappa shape index (κ3) is 4.73. The Bertz CT molecular complexity index is 1280. The van der Waals surface area contributed by atoms with E-state index in [2.05, 4.69) is 10.1 Å². The highest BCUT2D eigenvalue weighted by Crippen LogP contribution is 2.34. The van der Waals surface area contributed by atoms with E-state index in [0.29, 0.717) is 23.7 Å². The smallest absolute Gasteiger partial charge is 0.194 e. The highest BCUT2D eigenvalue weighted by atomic mass is 35.5. The minimum absolute atomic E-state index is 0. The zero-order valence-electron chi connectivity index (χ0n) is 19.2. The first-order valence-corrected chi connectivity index (χ1v) is 11.0. The van der Waals surface area contributed by atoms with E-state index in [1.165, 1.54) is 0 Å². The Hall–Kier alpha value is -3.46. The van der Waals surface area contributed by atoms with Gasteiger partial charge in [-0.15, -0.1) is 12.4 Å². The van der Waals surface area contributed by atoms with Gasteiger partial charge in [0, 0.05) is 12.7 Å². The number of oxime groups is 1. The van der Waals surface area contributed by atoms with E-state index in [9.17, 15) is 13.2 Å². The minimum atomic E-state index is -1.48. The molecule has 3 heterocycles. The Kier molecular flexibility index (Phi) is 7.07. The van der Waals surface area contributed by atoms with Crippen molar-refractivity contribution in [2.24, 2.45) is 5.16 Å². The lowest BCUT2D eigenvalue weighted by Crippen LogP contribution is -2.44. The normalized spacial score (nSPS) is 18.4. The van der Waals surface area contributed by atoms with Crippen molar-refractivity contribution in [3.8, 4) is 11.4 Å². The summed E-state index contributed by atoms with van der Waals surface area (Å²) in [5.74, 6) is -2.60. The van der Waals surface area contributed by atoms with Crippen LogP contribution in [-0.4, -0.2) is 40.5 Å². The molecule has 5 rings (SSSR count). The van der Waals surface area contributed by atoms with E-state index in [-0.39, 0.29) is 19.0 Å². The fourth-order valence-corrected chi connectivity index (χ4v) is 4.45. The van der Waals surface area contributed by atoms with Gasteiger partial charge < -0.3 is 19.0 Å². The number of amidine groups is 1. The zero-order chi connectivity index (χ0) is 23.8. The number of nitrogens with zero attached hydrogens (tertiary/aromatic N) is 4. The first kappa shape index (κ1) is 24.7. The highest BCUT2D eigenvalue weighted by Gasteiger charge is 2.34. The molecule has 0 radical (unpaired) electrons. The molecule has 10 heteroatoms. The van der Waals surface area contributed by atoms with Crippen LogP contribution >= 0.6 is 12.4 Å². The third-order valence-electron chi connectivity index (χ3n) is 6.09. The van der Waals surface area contributed by atoms with Crippen LogP contribution in [0.3, 0.4) is 0 Å². The number of aryl methyl sites for hydroxylation is 1. The summed E-state index contributed by atoms with van der Waals surface area (Å²) in [5, 5.41) is 4.25. The van der Waals surface area contributed by atoms with Crippen LogP contribution in [0.5, 0.6) is 5.75 Å². The Morgan fingerprint density at radius 2 is 1.91 bits per heavy atom. The number of aromatic nitrogens is 2. The monoisotopic (exact) mass is 504 g/mol. The standard InChI is InChI=1S/C25H23F3N4O2.ClH/c1-15-12-31(14-29-15)21-6-5-16(9-23(21)33-2)8-17-4-3-7-32-22(13-34-30-25(17)32)18-10-19(26)24(28)20(27)11-18;/h5-6,8-12,14,22H,3-4,7,13H2,1-2H3;1H/b17-8+;/t22-;/m1./s1. The molecule has 184 valence electrons. The van der Waals surface area contributed by atoms with Crippen LogP contribution in [0.15, 0.2) is 53.6 Å². The van der Waals surface area contributed by atoms with Gasteiger partial charge in [0.05, 0.1) is 30.9 Å². The molecule has 0 aliphatic carbocycles. The third-order valence-corrected chi connectivity index (χ3v) is 6.09. The second-order valence-corrected chi connectivity index (χ2v) is 8.35. The van der Waals surface area contributed by atoms with Crippen molar-refractivity contribution in [1.82, 2.24) is 14.5 Å². The van der Waals surface area contributed by atoms with Crippen molar-refractivity contribution < 1.29 is 22.7 Å². The van der Waals surface area contributed by atoms with Crippen LogP contribution in [0.1, 0.15) is 35.7 Å². The predicted molar refractivity (Wildman–Crippen MR) is 128 cm³/mol. The first-order valence-electron chi connectivity index (χ1n) is 11.0. The molecule has 1 fully saturated rings. The van der Waals surface area contributed by atoms with Gasteiger partial charge in [0.1, 0.15) is 12.4 Å². The van der Waals surface area contributed by atoms with E-state index >= 15 is 0 Å². The van der Waals surface area contributed by atoms with Gasteiger partial charge in [-0.1, -0.05) is 11.2 Å². The number of ether oxygens (including phenoxy) is 1. The lowest BCUT2D eigenvalue weighted by Gasteiger charge is -2.40. The quantitative estimate of drug-likeness (QED) is 0.434. The van der Waals surface area contributed by atoms with Gasteiger partial charge in [0.25, 0.3) is 0 Å². The number of rotatable bonds is 4. The largest absolute Gasteiger partial charge is 0.495 e. The molecule has 6 nitrogen and oxygen atoms in total. The van der Waals surface area contributed by atoms with Crippen molar-refractivity contribution in [2.75, 3.05) is 20.3 Å². The van der Waals surface area contributed by atoms with E-state index in [0.717, 1.165) is 47.5 Å². The molecule has 2 aliphatic heterocycles. The number of imidazole rings is 1. The summed E-state index contributed by atoms with van der Waals surface area (Å²) >= 11 is 0. The minimum Gasteiger partial charge on any atom is -0.495 e. The summed E-state index contributed by atoms with van der Waals surface area (Å²) in [4.78, 5) is 11.7. The van der Waals surface area contributed by atoms with E-state index in [1.807, 2.05) is 46.9 Å². The van der Waals surface area contributed by atoms with Crippen LogP contribution in [-0.2, 0) is 4.84 Å². The number of methoxy groups -OCH3 is 1. The van der Waals surface area contributed by atoms with Crippen LogP contribution in [0.4, 0.5) is 13.2 Å². The molecule has 1 aromatic heterocycles. The second-order valence-electron chi connectivity index (χ2n) is 8.35. The molecule has 2 aliphatic rings. The molecule has 3 aromatic rings. The second kappa shape index (κ2) is 10.0. The van der Waals surface area contributed by atoms with Crippen molar-refractivity contribution in [3.05, 3.63) is 82.7 Å². The lowest BCUT2D eigenvalue weighted by atomic mass is 9.96. The van der Waals surface area contributed by atoms with Crippen LogP contribution in [0.2, 0.25) is 0 Å². The summed E-state index contributed by atoms with van der Waals surface area (Å²) in [5.41, 5.74) is 3.94. The molecule has 0 spiro atoms. The topological polar surface area (TPSA) is 51.9 Å². The Labute approximate surface area is 207 Å². The molecular formula is C25H24ClF3N4O2. The summed E-state index contributed by atoms with van der Waals surface area (Å²) in [6.45, 7) is 2.69. The predicted octanol–water partition coefficient (Wildman–Crippen LogP) is 5.59. The maximum atomic E-state index is 13.9. The average molecular weight is 505 g/mol.